The monoisotopic (exact) mass is 306 g/mol. The van der Waals surface area contributed by atoms with Crippen LogP contribution < -0.4 is 5.32 Å². The summed E-state index contributed by atoms with van der Waals surface area (Å²) in [5.74, 6) is 0. The van der Waals surface area contributed by atoms with E-state index < -0.39 is 10.0 Å². The average Bonchev–Trinajstić information content (AvgIpc) is 2.86. The van der Waals surface area contributed by atoms with Crippen molar-refractivity contribution in [3.63, 3.8) is 0 Å². The van der Waals surface area contributed by atoms with Gasteiger partial charge < -0.3 is 10.1 Å². The van der Waals surface area contributed by atoms with Crippen molar-refractivity contribution in [2.45, 2.75) is 24.6 Å². The molecule has 0 aliphatic heterocycles. The van der Waals surface area contributed by atoms with Gasteiger partial charge in [-0.05, 0) is 23.6 Å². The fourth-order valence-corrected chi connectivity index (χ4v) is 4.41. The molecular formula is C12H22N2O3S2. The molecule has 0 aliphatic rings. The van der Waals surface area contributed by atoms with Gasteiger partial charge in [0.15, 0.2) is 0 Å². The van der Waals surface area contributed by atoms with E-state index in [1.165, 1.54) is 15.6 Å². The van der Waals surface area contributed by atoms with Gasteiger partial charge in [-0.3, -0.25) is 0 Å². The second-order valence-corrected chi connectivity index (χ2v) is 7.12. The van der Waals surface area contributed by atoms with E-state index in [1.54, 1.807) is 13.2 Å². The standard InChI is InChI=1S/C12H22N2O3S2/c1-4-13-9-11-8-12(18-10-11)19(15,16)14(5-2)6-7-17-3/h8,10,13H,4-7,9H2,1-3H3. The Kier molecular flexibility index (Phi) is 6.95. The molecule has 1 heterocycles. The van der Waals surface area contributed by atoms with Crippen molar-refractivity contribution >= 4 is 21.4 Å². The Morgan fingerprint density at radius 1 is 1.42 bits per heavy atom. The number of nitrogens with zero attached hydrogens (tertiary/aromatic N) is 1. The lowest BCUT2D eigenvalue weighted by Gasteiger charge is -2.18. The Bertz CT molecular complexity index is 471. The number of methoxy groups -OCH3 is 1. The molecule has 19 heavy (non-hydrogen) atoms. The molecule has 0 fully saturated rings. The number of thiophene rings is 1. The maximum Gasteiger partial charge on any atom is 0.252 e. The maximum atomic E-state index is 12.4. The molecule has 0 amide bonds. The SMILES string of the molecule is CCNCc1csc(S(=O)(=O)N(CC)CCOC)c1. The van der Waals surface area contributed by atoms with Crippen molar-refractivity contribution in [3.8, 4) is 0 Å². The zero-order valence-corrected chi connectivity index (χ0v) is 13.3. The molecule has 0 bridgehead atoms. The smallest absolute Gasteiger partial charge is 0.252 e. The molecule has 0 saturated heterocycles. The largest absolute Gasteiger partial charge is 0.383 e. The predicted molar refractivity (Wildman–Crippen MR) is 78.0 cm³/mol. The molecule has 5 nitrogen and oxygen atoms in total. The first-order valence-corrected chi connectivity index (χ1v) is 8.65. The van der Waals surface area contributed by atoms with Crippen LogP contribution in [0.5, 0.6) is 0 Å². The van der Waals surface area contributed by atoms with E-state index in [0.717, 1.165) is 12.1 Å². The Morgan fingerprint density at radius 2 is 2.16 bits per heavy atom. The first-order valence-electron chi connectivity index (χ1n) is 6.33. The zero-order valence-electron chi connectivity index (χ0n) is 11.7. The summed E-state index contributed by atoms with van der Waals surface area (Å²) < 4.78 is 31.6. The molecule has 1 aromatic rings. The molecule has 0 spiro atoms. The van der Waals surface area contributed by atoms with Gasteiger partial charge in [-0.2, -0.15) is 4.31 Å². The van der Waals surface area contributed by atoms with Crippen LogP contribution in [-0.4, -0.2) is 46.1 Å². The Balaban J connectivity index is 2.82. The molecule has 1 rings (SSSR count). The lowest BCUT2D eigenvalue weighted by Crippen LogP contribution is -2.33. The molecular weight excluding hydrogens is 284 g/mol. The minimum absolute atomic E-state index is 0.385. The third-order valence-electron chi connectivity index (χ3n) is 2.70. The summed E-state index contributed by atoms with van der Waals surface area (Å²) in [5.41, 5.74) is 1.01. The predicted octanol–water partition coefficient (Wildman–Crippen LogP) is 1.51. The number of nitrogens with one attached hydrogen (secondary N) is 1. The molecule has 1 N–H and O–H groups in total. The summed E-state index contributed by atoms with van der Waals surface area (Å²) in [6, 6.07) is 1.75. The fraction of sp³-hybridized carbons (Fsp3) is 0.667. The van der Waals surface area contributed by atoms with E-state index in [9.17, 15) is 8.42 Å². The van der Waals surface area contributed by atoms with Gasteiger partial charge in [-0.15, -0.1) is 11.3 Å². The number of hydrogen-bond donors (Lipinski definition) is 1. The normalized spacial score (nSPS) is 12.2. The van der Waals surface area contributed by atoms with E-state index in [0.29, 0.717) is 30.5 Å². The maximum absolute atomic E-state index is 12.4. The molecule has 0 radical (unpaired) electrons. The highest BCUT2D eigenvalue weighted by Gasteiger charge is 2.24. The number of rotatable bonds is 9. The van der Waals surface area contributed by atoms with E-state index in [1.807, 2.05) is 19.2 Å². The third kappa shape index (κ3) is 4.54. The molecule has 7 heteroatoms. The first-order chi connectivity index (χ1) is 9.06. The highest BCUT2D eigenvalue weighted by atomic mass is 32.2. The van der Waals surface area contributed by atoms with Gasteiger partial charge >= 0.3 is 0 Å². The van der Waals surface area contributed by atoms with Crippen LogP contribution in [0.15, 0.2) is 15.7 Å². The summed E-state index contributed by atoms with van der Waals surface area (Å²) in [7, 11) is -1.81. The minimum Gasteiger partial charge on any atom is -0.383 e. The van der Waals surface area contributed by atoms with Crippen molar-refractivity contribution in [2.75, 3.05) is 33.4 Å². The van der Waals surface area contributed by atoms with Crippen LogP contribution >= 0.6 is 11.3 Å². The van der Waals surface area contributed by atoms with Gasteiger partial charge in [0.05, 0.1) is 6.61 Å². The lowest BCUT2D eigenvalue weighted by molar-refractivity contribution is 0.180. The van der Waals surface area contributed by atoms with Crippen LogP contribution in [0.2, 0.25) is 0 Å². The highest BCUT2D eigenvalue weighted by molar-refractivity contribution is 7.91. The summed E-state index contributed by atoms with van der Waals surface area (Å²) in [5, 5.41) is 5.07. The van der Waals surface area contributed by atoms with Crippen LogP contribution in [0.3, 0.4) is 0 Å². The van der Waals surface area contributed by atoms with Crippen molar-refractivity contribution < 1.29 is 13.2 Å². The van der Waals surface area contributed by atoms with Crippen LogP contribution in [0, 0.1) is 0 Å². The zero-order chi connectivity index (χ0) is 14.3. The molecule has 110 valence electrons. The van der Waals surface area contributed by atoms with Gasteiger partial charge in [-0.25, -0.2) is 8.42 Å². The van der Waals surface area contributed by atoms with Crippen LogP contribution in [-0.2, 0) is 21.3 Å². The average molecular weight is 306 g/mol. The summed E-state index contributed by atoms with van der Waals surface area (Å²) >= 11 is 1.27. The van der Waals surface area contributed by atoms with E-state index >= 15 is 0 Å². The number of sulfonamides is 1. The summed E-state index contributed by atoms with van der Waals surface area (Å²) in [6.45, 7) is 6.66. The molecule has 0 unspecified atom stereocenters. The van der Waals surface area contributed by atoms with Crippen LogP contribution in [0.1, 0.15) is 19.4 Å². The molecule has 0 saturated carbocycles. The van der Waals surface area contributed by atoms with Crippen molar-refractivity contribution in [1.29, 1.82) is 0 Å². The number of ether oxygens (including phenoxy) is 1. The quantitative estimate of drug-likeness (QED) is 0.751. The highest BCUT2D eigenvalue weighted by Crippen LogP contribution is 2.23. The molecule has 0 aromatic carbocycles. The van der Waals surface area contributed by atoms with Gasteiger partial charge in [0.1, 0.15) is 4.21 Å². The molecule has 1 aromatic heterocycles. The van der Waals surface area contributed by atoms with Crippen molar-refractivity contribution in [3.05, 3.63) is 17.0 Å². The summed E-state index contributed by atoms with van der Waals surface area (Å²) in [4.78, 5) is 0. The Labute approximate surface area is 119 Å². The van der Waals surface area contributed by atoms with Gasteiger partial charge in [0.2, 0.25) is 0 Å². The van der Waals surface area contributed by atoms with E-state index in [2.05, 4.69) is 5.32 Å². The second kappa shape index (κ2) is 7.96. The van der Waals surface area contributed by atoms with Crippen LogP contribution in [0.25, 0.3) is 0 Å². The van der Waals surface area contributed by atoms with Gasteiger partial charge in [0.25, 0.3) is 10.0 Å². The Morgan fingerprint density at radius 3 is 2.74 bits per heavy atom. The lowest BCUT2D eigenvalue weighted by atomic mass is 10.3. The molecule has 0 aliphatic carbocycles. The van der Waals surface area contributed by atoms with Crippen LogP contribution in [0.4, 0.5) is 0 Å². The van der Waals surface area contributed by atoms with Gasteiger partial charge in [-0.1, -0.05) is 13.8 Å². The van der Waals surface area contributed by atoms with Crippen molar-refractivity contribution in [1.82, 2.24) is 9.62 Å². The van der Waals surface area contributed by atoms with E-state index in [-0.39, 0.29) is 0 Å². The summed E-state index contributed by atoms with van der Waals surface area (Å²) in [6.07, 6.45) is 0. The van der Waals surface area contributed by atoms with Crippen molar-refractivity contribution in [2.24, 2.45) is 0 Å². The van der Waals surface area contributed by atoms with E-state index in [4.69, 9.17) is 4.74 Å². The topological polar surface area (TPSA) is 58.6 Å². The fourth-order valence-electron chi connectivity index (χ4n) is 1.62. The Hall–Kier alpha value is -0.470. The molecule has 0 atom stereocenters. The number of hydrogen-bond acceptors (Lipinski definition) is 5. The number of likely N-dealkylation sites (N-methyl/N-ethyl adjacent to an activating group) is 1. The third-order valence-corrected chi connectivity index (χ3v) is 6.14. The first kappa shape index (κ1) is 16.6. The van der Waals surface area contributed by atoms with Gasteiger partial charge in [0, 0.05) is 26.7 Å². The minimum atomic E-state index is -3.38. The second-order valence-electron chi connectivity index (χ2n) is 4.04.